The van der Waals surface area contributed by atoms with Gasteiger partial charge in [0, 0.05) is 0 Å². The summed E-state index contributed by atoms with van der Waals surface area (Å²) in [6.45, 7) is 2.43. The summed E-state index contributed by atoms with van der Waals surface area (Å²) in [7, 11) is 0. The summed E-state index contributed by atoms with van der Waals surface area (Å²) in [5.41, 5.74) is 0.933. The Morgan fingerprint density at radius 2 is 2.05 bits per heavy atom. The van der Waals surface area contributed by atoms with Crippen LogP contribution in [0.5, 0.6) is 11.5 Å². The summed E-state index contributed by atoms with van der Waals surface area (Å²) in [4.78, 5) is 8.86. The lowest BCUT2D eigenvalue weighted by atomic mass is 10.2. The first-order valence-corrected chi connectivity index (χ1v) is 7.75. The summed E-state index contributed by atoms with van der Waals surface area (Å²) >= 11 is 8.33. The smallest absolute Gasteiger partial charge is 0.192 e. The molecule has 3 rings (SSSR count). The molecule has 1 unspecified atom stereocenters. The molecule has 0 bridgehead atoms. The fourth-order valence-corrected chi connectivity index (χ4v) is 2.82. The molecular weight excluding hydrogens is 391 g/mol. The zero-order chi connectivity index (χ0) is 14.1. The molecule has 0 fully saturated rings. The van der Waals surface area contributed by atoms with E-state index in [1.165, 1.54) is 0 Å². The van der Waals surface area contributed by atoms with Crippen molar-refractivity contribution in [1.82, 2.24) is 9.97 Å². The van der Waals surface area contributed by atoms with Gasteiger partial charge in [0.25, 0.3) is 0 Å². The monoisotopic (exact) mass is 402 g/mol. The molecule has 0 saturated carbocycles. The second-order valence-electron chi connectivity index (χ2n) is 4.35. The van der Waals surface area contributed by atoms with Gasteiger partial charge in [0.2, 0.25) is 0 Å². The van der Waals surface area contributed by atoms with E-state index in [9.17, 15) is 0 Å². The second-order valence-corrected chi connectivity index (χ2v) is 5.79. The van der Waals surface area contributed by atoms with Crippen molar-refractivity contribution in [2.24, 2.45) is 0 Å². The fourth-order valence-electron chi connectivity index (χ4n) is 2.01. The fraction of sp³-hybridized carbons (Fsp3) is 0.286. The predicted octanol–water partition coefficient (Wildman–Crippen LogP) is 3.81. The van der Waals surface area contributed by atoms with Gasteiger partial charge in [0.15, 0.2) is 23.4 Å². The molecule has 4 nitrogen and oxygen atoms in total. The summed E-state index contributed by atoms with van der Waals surface area (Å²) in [5, 5.41) is 0.468. The molecule has 6 heteroatoms. The highest BCUT2D eigenvalue weighted by Crippen LogP contribution is 2.35. The third-order valence-corrected chi connectivity index (χ3v) is 4.75. The minimum absolute atomic E-state index is 0.329. The number of benzene rings is 1. The second kappa shape index (κ2) is 5.73. The van der Waals surface area contributed by atoms with Crippen LogP contribution in [-0.2, 0) is 6.42 Å². The van der Waals surface area contributed by atoms with E-state index in [-0.39, 0.29) is 6.10 Å². The van der Waals surface area contributed by atoms with Crippen LogP contribution in [0.3, 0.4) is 0 Å². The quantitative estimate of drug-likeness (QED) is 0.566. The summed E-state index contributed by atoms with van der Waals surface area (Å²) in [6, 6.07) is 7.57. The number of hydrogen-bond acceptors (Lipinski definition) is 4. The third kappa shape index (κ3) is 2.56. The first-order valence-electron chi connectivity index (χ1n) is 6.29. The molecule has 0 radical (unpaired) electrons. The molecule has 0 spiro atoms. The van der Waals surface area contributed by atoms with Crippen LogP contribution in [0, 0.1) is 3.57 Å². The van der Waals surface area contributed by atoms with Gasteiger partial charge in [0.05, 0.1) is 9.26 Å². The first kappa shape index (κ1) is 13.9. The number of hydrogen-bond donors (Lipinski definition) is 0. The molecule has 1 aromatic carbocycles. The maximum atomic E-state index is 6.16. The van der Waals surface area contributed by atoms with Gasteiger partial charge in [-0.3, -0.25) is 0 Å². The number of fused-ring (bicyclic) bond motifs is 1. The number of nitrogens with zero attached hydrogens (tertiary/aromatic N) is 2. The molecule has 0 aliphatic carbocycles. The first-order chi connectivity index (χ1) is 9.69. The van der Waals surface area contributed by atoms with E-state index >= 15 is 0 Å². The lowest BCUT2D eigenvalue weighted by Gasteiger charge is -2.25. The SMILES string of the molecule is CCc1nc(C2COc3ccccc3O2)nc(Cl)c1I. The van der Waals surface area contributed by atoms with Crippen LogP contribution in [0.15, 0.2) is 24.3 Å². The Kier molecular flexibility index (Phi) is 3.98. The molecular formula is C14H12ClIN2O2. The molecule has 1 atom stereocenters. The van der Waals surface area contributed by atoms with Crippen molar-refractivity contribution in [1.29, 1.82) is 0 Å². The van der Waals surface area contributed by atoms with Crippen LogP contribution < -0.4 is 9.47 Å². The third-order valence-electron chi connectivity index (χ3n) is 3.03. The van der Waals surface area contributed by atoms with Gasteiger partial charge in [0.1, 0.15) is 11.8 Å². The van der Waals surface area contributed by atoms with E-state index in [0.717, 1.165) is 21.4 Å². The Morgan fingerprint density at radius 1 is 1.30 bits per heavy atom. The molecule has 0 saturated heterocycles. The maximum Gasteiger partial charge on any atom is 0.192 e. The van der Waals surface area contributed by atoms with Crippen molar-refractivity contribution in [2.75, 3.05) is 6.61 Å². The van der Waals surface area contributed by atoms with Crippen LogP contribution in [0.1, 0.15) is 24.5 Å². The van der Waals surface area contributed by atoms with E-state index < -0.39 is 0 Å². The average molecular weight is 403 g/mol. The van der Waals surface area contributed by atoms with Crippen LogP contribution >= 0.6 is 34.2 Å². The van der Waals surface area contributed by atoms with E-state index in [4.69, 9.17) is 21.1 Å². The predicted molar refractivity (Wildman–Crippen MR) is 84.4 cm³/mol. The molecule has 2 heterocycles. The number of aromatic nitrogens is 2. The van der Waals surface area contributed by atoms with Crippen molar-refractivity contribution >= 4 is 34.2 Å². The topological polar surface area (TPSA) is 44.2 Å². The Balaban J connectivity index is 1.93. The molecule has 104 valence electrons. The Labute approximate surface area is 135 Å². The number of aryl methyl sites for hydroxylation is 1. The maximum absolute atomic E-state index is 6.16. The molecule has 1 aliphatic heterocycles. The molecule has 0 amide bonds. The molecule has 1 aliphatic rings. The van der Waals surface area contributed by atoms with E-state index in [1.807, 2.05) is 31.2 Å². The highest BCUT2D eigenvalue weighted by atomic mass is 127. The van der Waals surface area contributed by atoms with Gasteiger partial charge < -0.3 is 9.47 Å². The molecule has 2 aromatic rings. The van der Waals surface area contributed by atoms with Crippen molar-refractivity contribution < 1.29 is 9.47 Å². The van der Waals surface area contributed by atoms with Crippen LogP contribution in [0.4, 0.5) is 0 Å². The number of rotatable bonds is 2. The van der Waals surface area contributed by atoms with E-state index in [0.29, 0.717) is 23.3 Å². The number of halogens is 2. The standard InChI is InChI=1S/C14H12ClIN2O2/c1-2-8-12(16)13(15)18-14(17-8)11-7-19-9-5-3-4-6-10(9)20-11/h3-6,11H,2,7H2,1H3. The van der Waals surface area contributed by atoms with Gasteiger partial charge in [-0.1, -0.05) is 30.7 Å². The number of ether oxygens (including phenoxy) is 2. The van der Waals surface area contributed by atoms with Gasteiger partial charge >= 0.3 is 0 Å². The minimum atomic E-state index is -0.329. The summed E-state index contributed by atoms with van der Waals surface area (Å²) in [6.07, 6.45) is 0.474. The lowest BCUT2D eigenvalue weighted by Crippen LogP contribution is -2.24. The van der Waals surface area contributed by atoms with Gasteiger partial charge in [-0.15, -0.1) is 0 Å². The average Bonchev–Trinajstić information content (AvgIpc) is 2.49. The molecule has 0 N–H and O–H groups in total. The highest BCUT2D eigenvalue weighted by molar-refractivity contribution is 14.1. The van der Waals surface area contributed by atoms with E-state index in [1.54, 1.807) is 0 Å². The van der Waals surface area contributed by atoms with Gasteiger partial charge in [-0.2, -0.15) is 0 Å². The van der Waals surface area contributed by atoms with Crippen LogP contribution in [-0.4, -0.2) is 16.6 Å². The Bertz CT molecular complexity index is 651. The van der Waals surface area contributed by atoms with E-state index in [2.05, 4.69) is 32.6 Å². The largest absolute Gasteiger partial charge is 0.485 e. The highest BCUT2D eigenvalue weighted by Gasteiger charge is 2.26. The van der Waals surface area contributed by atoms with Gasteiger partial charge in [-0.05, 0) is 41.1 Å². The zero-order valence-corrected chi connectivity index (χ0v) is 13.7. The summed E-state index contributed by atoms with van der Waals surface area (Å²) < 4.78 is 12.5. The normalized spacial score (nSPS) is 17.1. The van der Waals surface area contributed by atoms with Crippen molar-refractivity contribution in [3.8, 4) is 11.5 Å². The lowest BCUT2D eigenvalue weighted by molar-refractivity contribution is 0.0848. The zero-order valence-electron chi connectivity index (χ0n) is 10.8. The minimum Gasteiger partial charge on any atom is -0.485 e. The Hall–Kier alpha value is -1.08. The van der Waals surface area contributed by atoms with Crippen molar-refractivity contribution in [2.45, 2.75) is 19.4 Å². The summed E-state index contributed by atoms with van der Waals surface area (Å²) in [5.74, 6) is 2.03. The number of para-hydroxylation sites is 2. The molecule has 20 heavy (non-hydrogen) atoms. The van der Waals surface area contributed by atoms with Crippen molar-refractivity contribution in [3.63, 3.8) is 0 Å². The van der Waals surface area contributed by atoms with Crippen LogP contribution in [0.2, 0.25) is 5.15 Å². The Morgan fingerprint density at radius 3 is 2.80 bits per heavy atom. The van der Waals surface area contributed by atoms with Crippen LogP contribution in [0.25, 0.3) is 0 Å². The van der Waals surface area contributed by atoms with Crippen molar-refractivity contribution in [3.05, 3.63) is 44.5 Å². The van der Waals surface area contributed by atoms with Gasteiger partial charge in [-0.25, -0.2) is 9.97 Å². The molecule has 1 aromatic heterocycles.